The predicted octanol–water partition coefficient (Wildman–Crippen LogP) is 6.22. The molecule has 0 spiro atoms. The number of nitrogens with zero attached hydrogens (tertiary/aromatic N) is 1. The number of carbonyl (C=O) groups excluding carboxylic acids is 2. The summed E-state index contributed by atoms with van der Waals surface area (Å²) in [6.07, 6.45) is 1.40. The van der Waals surface area contributed by atoms with Crippen molar-refractivity contribution >= 4 is 64.1 Å². The Morgan fingerprint density at radius 1 is 0.943 bits per heavy atom. The van der Waals surface area contributed by atoms with Crippen molar-refractivity contribution in [1.29, 1.82) is 5.26 Å². The number of para-hydroxylation sites is 1. The first-order valence-electron chi connectivity index (χ1n) is 10.0. The minimum atomic E-state index is -0.612. The molecule has 0 aliphatic rings. The van der Waals surface area contributed by atoms with Crippen LogP contribution in [0.1, 0.15) is 5.56 Å². The van der Waals surface area contributed by atoms with E-state index in [2.05, 4.69) is 10.6 Å². The number of hydrogen-bond donors (Lipinski definition) is 2. The molecule has 3 rings (SSSR count). The molecular formula is C25H18Cl3N3O4. The van der Waals surface area contributed by atoms with Gasteiger partial charge in [-0.2, -0.15) is 5.26 Å². The van der Waals surface area contributed by atoms with Gasteiger partial charge in [-0.25, -0.2) is 0 Å². The average Bonchev–Trinajstić information content (AvgIpc) is 2.85. The fraction of sp³-hybridized carbons (Fsp3) is 0.0800. The SMILES string of the molecule is COc1cc(/C=C(\C#N)C(=O)Nc2ccccc2Cl)ccc1OCC(=O)Nc1ccc(Cl)c(Cl)c1. The first kappa shape index (κ1) is 25.9. The van der Waals surface area contributed by atoms with Gasteiger partial charge in [-0.1, -0.05) is 53.0 Å². The van der Waals surface area contributed by atoms with Crippen molar-refractivity contribution in [3.63, 3.8) is 0 Å². The molecule has 0 fully saturated rings. The van der Waals surface area contributed by atoms with Gasteiger partial charge in [-0.3, -0.25) is 9.59 Å². The summed E-state index contributed by atoms with van der Waals surface area (Å²) in [5, 5.41) is 15.8. The average molecular weight is 531 g/mol. The molecule has 3 aromatic rings. The highest BCUT2D eigenvalue weighted by Crippen LogP contribution is 2.30. The van der Waals surface area contributed by atoms with Crippen LogP contribution in [0.3, 0.4) is 0 Å². The number of carbonyl (C=O) groups is 2. The van der Waals surface area contributed by atoms with Crippen LogP contribution in [0.4, 0.5) is 11.4 Å². The van der Waals surface area contributed by atoms with E-state index in [0.717, 1.165) is 0 Å². The molecule has 0 radical (unpaired) electrons. The molecule has 0 unspecified atom stereocenters. The van der Waals surface area contributed by atoms with Crippen LogP contribution >= 0.6 is 34.8 Å². The van der Waals surface area contributed by atoms with Gasteiger partial charge < -0.3 is 20.1 Å². The quantitative estimate of drug-likeness (QED) is 0.266. The van der Waals surface area contributed by atoms with Gasteiger partial charge in [0, 0.05) is 5.69 Å². The molecule has 0 saturated carbocycles. The zero-order valence-electron chi connectivity index (χ0n) is 18.3. The van der Waals surface area contributed by atoms with E-state index >= 15 is 0 Å². The Bertz CT molecular complexity index is 1340. The van der Waals surface area contributed by atoms with E-state index in [0.29, 0.717) is 43.5 Å². The third-order valence-electron chi connectivity index (χ3n) is 4.55. The van der Waals surface area contributed by atoms with Crippen LogP contribution in [-0.2, 0) is 9.59 Å². The fourth-order valence-corrected chi connectivity index (χ4v) is 3.36. The minimum absolute atomic E-state index is 0.137. The number of rotatable bonds is 8. The third-order valence-corrected chi connectivity index (χ3v) is 5.62. The van der Waals surface area contributed by atoms with Crippen molar-refractivity contribution in [3.05, 3.63) is 86.9 Å². The van der Waals surface area contributed by atoms with Crippen molar-refractivity contribution in [3.8, 4) is 17.6 Å². The Kier molecular flexibility index (Phi) is 8.98. The van der Waals surface area contributed by atoms with Crippen LogP contribution in [0.5, 0.6) is 11.5 Å². The summed E-state index contributed by atoms with van der Waals surface area (Å²) in [6.45, 7) is -0.296. The van der Waals surface area contributed by atoms with E-state index in [-0.39, 0.29) is 12.2 Å². The first-order valence-corrected chi connectivity index (χ1v) is 11.2. The van der Waals surface area contributed by atoms with Gasteiger partial charge in [0.1, 0.15) is 11.6 Å². The lowest BCUT2D eigenvalue weighted by atomic mass is 10.1. The molecule has 10 heteroatoms. The van der Waals surface area contributed by atoms with Crippen molar-refractivity contribution in [2.45, 2.75) is 0 Å². The summed E-state index contributed by atoms with van der Waals surface area (Å²) >= 11 is 17.9. The second-order valence-corrected chi connectivity index (χ2v) is 8.20. The highest BCUT2D eigenvalue weighted by molar-refractivity contribution is 6.42. The molecule has 0 saturated heterocycles. The van der Waals surface area contributed by atoms with Gasteiger partial charge in [0.05, 0.1) is 27.9 Å². The molecule has 0 atom stereocenters. The van der Waals surface area contributed by atoms with Crippen LogP contribution in [0, 0.1) is 11.3 Å². The molecular weight excluding hydrogens is 513 g/mol. The number of hydrogen-bond acceptors (Lipinski definition) is 5. The van der Waals surface area contributed by atoms with Crippen LogP contribution in [0.15, 0.2) is 66.2 Å². The Hall–Kier alpha value is -3.70. The Labute approximate surface area is 216 Å². The van der Waals surface area contributed by atoms with Gasteiger partial charge >= 0.3 is 0 Å². The van der Waals surface area contributed by atoms with Crippen molar-refractivity contribution in [2.24, 2.45) is 0 Å². The van der Waals surface area contributed by atoms with Gasteiger partial charge in [0.15, 0.2) is 18.1 Å². The summed E-state index contributed by atoms with van der Waals surface area (Å²) in [6, 6.07) is 18.0. The molecule has 0 heterocycles. The van der Waals surface area contributed by atoms with E-state index in [9.17, 15) is 14.9 Å². The summed E-state index contributed by atoms with van der Waals surface area (Å²) in [5.74, 6) is -0.422. The molecule has 2 amide bonds. The van der Waals surface area contributed by atoms with E-state index in [1.54, 1.807) is 54.6 Å². The molecule has 0 aromatic heterocycles. The van der Waals surface area contributed by atoms with Crippen LogP contribution in [0.2, 0.25) is 15.1 Å². The number of halogens is 3. The lowest BCUT2D eigenvalue weighted by Crippen LogP contribution is -2.20. The molecule has 35 heavy (non-hydrogen) atoms. The van der Waals surface area contributed by atoms with Crippen molar-refractivity contribution in [2.75, 3.05) is 24.4 Å². The van der Waals surface area contributed by atoms with Crippen LogP contribution < -0.4 is 20.1 Å². The summed E-state index contributed by atoms with van der Waals surface area (Å²) < 4.78 is 10.9. The molecule has 0 aliphatic carbocycles. The number of nitrogens with one attached hydrogen (secondary N) is 2. The zero-order valence-corrected chi connectivity index (χ0v) is 20.5. The number of ether oxygens (including phenoxy) is 2. The number of benzene rings is 3. The van der Waals surface area contributed by atoms with Gasteiger partial charge in [0.2, 0.25) is 0 Å². The second kappa shape index (κ2) is 12.1. The van der Waals surface area contributed by atoms with E-state index < -0.39 is 11.8 Å². The number of methoxy groups -OCH3 is 1. The lowest BCUT2D eigenvalue weighted by Gasteiger charge is -2.12. The van der Waals surface area contributed by atoms with Gasteiger partial charge in [0.25, 0.3) is 11.8 Å². The Morgan fingerprint density at radius 2 is 1.71 bits per heavy atom. The summed E-state index contributed by atoms with van der Waals surface area (Å²) in [4.78, 5) is 24.7. The molecule has 178 valence electrons. The minimum Gasteiger partial charge on any atom is -0.493 e. The Morgan fingerprint density at radius 3 is 2.40 bits per heavy atom. The standard InChI is InChI=1S/C25H18Cl3N3O4/c1-34-23-11-15(10-16(13-29)25(33)31-21-5-3-2-4-19(21)27)6-9-22(23)35-14-24(32)30-17-7-8-18(26)20(28)12-17/h2-12H,14H2,1H3,(H,30,32)(H,31,33)/b16-10+. The second-order valence-electron chi connectivity index (χ2n) is 6.98. The topological polar surface area (TPSA) is 100 Å². The Balaban J connectivity index is 1.68. The van der Waals surface area contributed by atoms with E-state index in [1.807, 2.05) is 6.07 Å². The third kappa shape index (κ3) is 7.14. The van der Waals surface area contributed by atoms with Crippen LogP contribution in [-0.4, -0.2) is 25.5 Å². The van der Waals surface area contributed by atoms with Gasteiger partial charge in [-0.05, 0) is 54.1 Å². The van der Waals surface area contributed by atoms with E-state index in [4.69, 9.17) is 44.3 Å². The highest BCUT2D eigenvalue weighted by Gasteiger charge is 2.13. The molecule has 0 aliphatic heterocycles. The van der Waals surface area contributed by atoms with Crippen LogP contribution in [0.25, 0.3) is 6.08 Å². The maximum absolute atomic E-state index is 12.5. The first-order chi connectivity index (χ1) is 16.8. The number of anilines is 2. The number of nitriles is 1. The van der Waals surface area contributed by atoms with E-state index in [1.165, 1.54) is 19.3 Å². The molecule has 3 aromatic carbocycles. The normalized spacial score (nSPS) is 10.8. The molecule has 0 bridgehead atoms. The van der Waals surface area contributed by atoms with Crippen molar-refractivity contribution in [1.82, 2.24) is 0 Å². The largest absolute Gasteiger partial charge is 0.493 e. The molecule has 2 N–H and O–H groups in total. The highest BCUT2D eigenvalue weighted by atomic mass is 35.5. The maximum Gasteiger partial charge on any atom is 0.266 e. The molecule has 7 nitrogen and oxygen atoms in total. The zero-order chi connectivity index (χ0) is 25.4. The monoisotopic (exact) mass is 529 g/mol. The smallest absolute Gasteiger partial charge is 0.266 e. The predicted molar refractivity (Wildman–Crippen MR) is 137 cm³/mol. The maximum atomic E-state index is 12.5. The lowest BCUT2D eigenvalue weighted by molar-refractivity contribution is -0.118. The van der Waals surface area contributed by atoms with Crippen molar-refractivity contribution < 1.29 is 19.1 Å². The summed E-state index contributed by atoms with van der Waals surface area (Å²) in [5.41, 5.74) is 1.24. The van der Waals surface area contributed by atoms with Gasteiger partial charge in [-0.15, -0.1) is 0 Å². The number of amides is 2. The summed E-state index contributed by atoms with van der Waals surface area (Å²) in [7, 11) is 1.43. The fourth-order valence-electron chi connectivity index (χ4n) is 2.87.